The molecular weight excluding hydrogens is 440 g/mol. The molecule has 0 atom stereocenters. The van der Waals surface area contributed by atoms with Gasteiger partial charge in [0.05, 0.1) is 22.8 Å². The van der Waals surface area contributed by atoms with Gasteiger partial charge in [-0.1, -0.05) is 26.0 Å². The molecule has 0 aromatic carbocycles. The molecule has 0 aliphatic rings. The summed E-state index contributed by atoms with van der Waals surface area (Å²) in [6, 6.07) is 17.9. The Kier molecular flexibility index (Phi) is 7.21. The van der Waals surface area contributed by atoms with Crippen LogP contribution in [0.2, 0.25) is 0 Å². The van der Waals surface area contributed by atoms with Crippen LogP contribution in [0.25, 0.3) is 22.8 Å². The molecule has 176 valence electrons. The minimum atomic E-state index is -0.376. The maximum absolute atomic E-state index is 12.7. The van der Waals surface area contributed by atoms with E-state index >= 15 is 0 Å². The van der Waals surface area contributed by atoms with Gasteiger partial charge in [0.25, 0.3) is 11.8 Å². The van der Waals surface area contributed by atoms with Crippen LogP contribution in [0.15, 0.2) is 85.5 Å². The summed E-state index contributed by atoms with van der Waals surface area (Å²) in [7, 11) is 0. The third-order valence-electron chi connectivity index (χ3n) is 5.35. The summed E-state index contributed by atoms with van der Waals surface area (Å²) in [5.41, 5.74) is 3.29. The highest BCUT2D eigenvalue weighted by atomic mass is 16.2. The van der Waals surface area contributed by atoms with Gasteiger partial charge in [-0.05, 0) is 53.9 Å². The van der Waals surface area contributed by atoms with Gasteiger partial charge in [0.1, 0.15) is 0 Å². The highest BCUT2D eigenvalue weighted by Gasteiger charge is 2.21. The van der Waals surface area contributed by atoms with Crippen LogP contribution in [0.5, 0.6) is 0 Å². The number of carbonyl (C=O) groups is 2. The van der Waals surface area contributed by atoms with E-state index in [9.17, 15) is 9.59 Å². The molecule has 0 saturated carbocycles. The quantitative estimate of drug-likeness (QED) is 0.409. The Morgan fingerprint density at radius 3 is 1.46 bits per heavy atom. The van der Waals surface area contributed by atoms with Crippen LogP contribution >= 0.6 is 0 Å². The van der Waals surface area contributed by atoms with Crippen molar-refractivity contribution in [3.63, 3.8) is 0 Å². The first-order chi connectivity index (χ1) is 16.9. The smallest absolute Gasteiger partial charge is 0.251 e. The van der Waals surface area contributed by atoms with E-state index in [-0.39, 0.29) is 17.2 Å². The Hall–Kier alpha value is -4.46. The molecule has 2 N–H and O–H groups in total. The first-order valence-corrected chi connectivity index (χ1v) is 11.2. The van der Waals surface area contributed by atoms with Crippen molar-refractivity contribution in [1.82, 2.24) is 30.6 Å². The lowest BCUT2D eigenvalue weighted by Gasteiger charge is -2.25. The van der Waals surface area contributed by atoms with Crippen molar-refractivity contribution >= 4 is 11.8 Å². The van der Waals surface area contributed by atoms with E-state index < -0.39 is 0 Å². The molecule has 0 aliphatic heterocycles. The van der Waals surface area contributed by atoms with Gasteiger partial charge in [-0.25, -0.2) is 0 Å². The van der Waals surface area contributed by atoms with E-state index in [1.54, 1.807) is 49.1 Å². The maximum atomic E-state index is 12.7. The minimum Gasteiger partial charge on any atom is -0.351 e. The van der Waals surface area contributed by atoms with Crippen LogP contribution in [0, 0.1) is 5.41 Å². The Balaban J connectivity index is 1.33. The largest absolute Gasteiger partial charge is 0.351 e. The fraction of sp³-hybridized carbons (Fsp3) is 0.185. The third-order valence-corrected chi connectivity index (χ3v) is 5.35. The second-order valence-corrected chi connectivity index (χ2v) is 8.82. The van der Waals surface area contributed by atoms with Crippen molar-refractivity contribution in [3.05, 3.63) is 96.6 Å². The molecule has 0 aliphatic carbocycles. The number of hydrogen-bond acceptors (Lipinski definition) is 6. The van der Waals surface area contributed by atoms with Crippen LogP contribution in [-0.4, -0.2) is 44.8 Å². The normalized spacial score (nSPS) is 11.0. The van der Waals surface area contributed by atoms with Crippen molar-refractivity contribution in [2.24, 2.45) is 5.41 Å². The first kappa shape index (κ1) is 23.7. The fourth-order valence-corrected chi connectivity index (χ4v) is 3.36. The third kappa shape index (κ3) is 6.32. The maximum Gasteiger partial charge on any atom is 0.251 e. The van der Waals surface area contributed by atoms with Crippen LogP contribution in [-0.2, 0) is 0 Å². The SMILES string of the molecule is CC(C)(CNC(=O)c1ccnc(-c2ccccn2)c1)CNC(=O)c1ccnc(-c2ccccn2)c1. The lowest BCUT2D eigenvalue weighted by atomic mass is 9.93. The first-order valence-electron chi connectivity index (χ1n) is 11.2. The summed E-state index contributed by atoms with van der Waals surface area (Å²) < 4.78 is 0. The number of amides is 2. The van der Waals surface area contributed by atoms with Gasteiger partial charge in [0.2, 0.25) is 0 Å². The van der Waals surface area contributed by atoms with Crippen LogP contribution < -0.4 is 10.6 Å². The van der Waals surface area contributed by atoms with Gasteiger partial charge in [-0.15, -0.1) is 0 Å². The zero-order chi connectivity index (χ0) is 24.7. The molecular formula is C27H26N6O2. The molecule has 4 rings (SSSR count). The van der Waals surface area contributed by atoms with Crippen molar-refractivity contribution in [3.8, 4) is 22.8 Å². The van der Waals surface area contributed by atoms with E-state index in [1.807, 2.05) is 50.2 Å². The average molecular weight is 467 g/mol. The molecule has 8 heteroatoms. The zero-order valence-electron chi connectivity index (χ0n) is 19.6. The van der Waals surface area contributed by atoms with Crippen LogP contribution in [0.4, 0.5) is 0 Å². The van der Waals surface area contributed by atoms with E-state index in [0.29, 0.717) is 47.0 Å². The molecule has 8 nitrogen and oxygen atoms in total. The lowest BCUT2D eigenvalue weighted by Crippen LogP contribution is -2.42. The molecule has 0 saturated heterocycles. The van der Waals surface area contributed by atoms with Crippen molar-refractivity contribution in [2.45, 2.75) is 13.8 Å². The molecule has 4 aromatic heterocycles. The second kappa shape index (κ2) is 10.6. The lowest BCUT2D eigenvalue weighted by molar-refractivity contribution is 0.0920. The van der Waals surface area contributed by atoms with Crippen molar-refractivity contribution < 1.29 is 9.59 Å². The number of nitrogens with one attached hydrogen (secondary N) is 2. The molecule has 0 radical (unpaired) electrons. The predicted octanol–water partition coefficient (Wildman–Crippen LogP) is 3.79. The summed E-state index contributed by atoms with van der Waals surface area (Å²) in [4.78, 5) is 42.7. The molecule has 0 fully saturated rings. The molecule has 35 heavy (non-hydrogen) atoms. The fourth-order valence-electron chi connectivity index (χ4n) is 3.36. The van der Waals surface area contributed by atoms with Crippen LogP contribution in [0.3, 0.4) is 0 Å². The van der Waals surface area contributed by atoms with E-state index in [2.05, 4.69) is 30.6 Å². The average Bonchev–Trinajstić information content (AvgIpc) is 2.91. The Morgan fingerprint density at radius 2 is 1.06 bits per heavy atom. The standard InChI is InChI=1S/C27H26N6O2/c1-27(2,17-32-25(34)19-9-13-30-23(15-19)21-7-3-5-11-28-21)18-33-26(35)20-10-14-31-24(16-20)22-8-4-6-12-29-22/h3-16H,17-18H2,1-2H3,(H,32,34)(H,33,35). The monoisotopic (exact) mass is 466 g/mol. The Bertz CT molecular complexity index is 1210. The predicted molar refractivity (Wildman–Crippen MR) is 133 cm³/mol. The Morgan fingerprint density at radius 1 is 0.629 bits per heavy atom. The number of aromatic nitrogens is 4. The second-order valence-electron chi connectivity index (χ2n) is 8.82. The molecule has 4 heterocycles. The number of rotatable bonds is 8. The number of nitrogens with zero attached hydrogens (tertiary/aromatic N) is 4. The van der Waals surface area contributed by atoms with Gasteiger partial charge in [-0.3, -0.25) is 29.5 Å². The van der Waals surface area contributed by atoms with Gasteiger partial charge >= 0.3 is 0 Å². The summed E-state index contributed by atoms with van der Waals surface area (Å²) in [5.74, 6) is -0.420. The van der Waals surface area contributed by atoms with Gasteiger partial charge < -0.3 is 10.6 Å². The number of hydrogen-bond donors (Lipinski definition) is 2. The van der Waals surface area contributed by atoms with E-state index in [4.69, 9.17) is 0 Å². The summed E-state index contributed by atoms with van der Waals surface area (Å²) >= 11 is 0. The topological polar surface area (TPSA) is 110 Å². The molecule has 0 unspecified atom stereocenters. The van der Waals surface area contributed by atoms with E-state index in [0.717, 1.165) is 0 Å². The molecule has 0 spiro atoms. The zero-order valence-corrected chi connectivity index (χ0v) is 19.6. The van der Waals surface area contributed by atoms with Gasteiger partial charge in [0, 0.05) is 49.0 Å². The number of carbonyl (C=O) groups excluding carboxylic acids is 2. The summed E-state index contributed by atoms with van der Waals surface area (Å²) in [6.45, 7) is 4.71. The highest BCUT2D eigenvalue weighted by Crippen LogP contribution is 2.17. The minimum absolute atomic E-state index is 0.210. The molecule has 2 amide bonds. The summed E-state index contributed by atoms with van der Waals surface area (Å²) in [5, 5.41) is 5.91. The van der Waals surface area contributed by atoms with Crippen LogP contribution in [0.1, 0.15) is 34.6 Å². The van der Waals surface area contributed by atoms with Crippen molar-refractivity contribution in [1.29, 1.82) is 0 Å². The van der Waals surface area contributed by atoms with E-state index in [1.165, 1.54) is 0 Å². The van der Waals surface area contributed by atoms with Crippen molar-refractivity contribution in [2.75, 3.05) is 13.1 Å². The molecule has 0 bridgehead atoms. The highest BCUT2D eigenvalue weighted by molar-refractivity contribution is 5.95. The Labute approximate surface area is 203 Å². The summed E-state index contributed by atoms with van der Waals surface area (Å²) in [6.07, 6.45) is 6.56. The van der Waals surface area contributed by atoms with Gasteiger partial charge in [-0.2, -0.15) is 0 Å². The number of pyridine rings is 4. The molecule has 4 aromatic rings. The van der Waals surface area contributed by atoms with Gasteiger partial charge in [0.15, 0.2) is 0 Å².